The Balaban J connectivity index is 1.74. The van der Waals surface area contributed by atoms with Gasteiger partial charge in [0.15, 0.2) is 12.3 Å². The fourth-order valence-corrected chi connectivity index (χ4v) is 1.90. The molecule has 1 unspecified atom stereocenters. The predicted octanol–water partition coefficient (Wildman–Crippen LogP) is 0.643. The quantitative estimate of drug-likeness (QED) is 0.756. The Morgan fingerprint density at radius 3 is 2.57 bits per heavy atom. The van der Waals surface area contributed by atoms with Gasteiger partial charge in [0.2, 0.25) is 0 Å². The molecule has 21 heavy (non-hydrogen) atoms. The zero-order chi connectivity index (χ0) is 15.1. The number of furan rings is 1. The Bertz CT molecular complexity index is 581. The first-order valence-electron chi connectivity index (χ1n) is 6.63. The van der Waals surface area contributed by atoms with Crippen molar-refractivity contribution in [1.82, 2.24) is 5.32 Å². The van der Waals surface area contributed by atoms with Crippen LogP contribution in [0.1, 0.15) is 5.76 Å². The lowest BCUT2D eigenvalue weighted by Crippen LogP contribution is -3.08. The van der Waals surface area contributed by atoms with E-state index in [1.807, 2.05) is 19.2 Å². The average Bonchev–Trinajstić information content (AvgIpc) is 2.91. The van der Waals surface area contributed by atoms with Crippen molar-refractivity contribution in [3.8, 4) is 0 Å². The SMILES string of the molecule is C[NH+](CC(=O)NC(=O)Nc1ccccc1)Cc1ccco1. The number of quaternary nitrogens is 1. The molecule has 3 amide bonds. The lowest BCUT2D eigenvalue weighted by molar-refractivity contribution is -0.886. The van der Waals surface area contributed by atoms with Crippen LogP contribution in [0.5, 0.6) is 0 Å². The molecule has 2 rings (SSSR count). The molecule has 6 nitrogen and oxygen atoms in total. The van der Waals surface area contributed by atoms with Gasteiger partial charge in [-0.05, 0) is 24.3 Å². The zero-order valence-electron chi connectivity index (χ0n) is 11.8. The maximum absolute atomic E-state index is 11.8. The number of anilines is 1. The second kappa shape index (κ2) is 7.25. The van der Waals surface area contributed by atoms with Crippen molar-refractivity contribution in [2.45, 2.75) is 6.54 Å². The Kier molecular flexibility index (Phi) is 5.11. The van der Waals surface area contributed by atoms with Gasteiger partial charge >= 0.3 is 6.03 Å². The second-order valence-electron chi connectivity index (χ2n) is 4.76. The van der Waals surface area contributed by atoms with Crippen LogP contribution < -0.4 is 15.5 Å². The molecular formula is C15H18N3O3+. The highest BCUT2D eigenvalue weighted by Crippen LogP contribution is 2.03. The summed E-state index contributed by atoms with van der Waals surface area (Å²) in [5.74, 6) is 0.460. The van der Waals surface area contributed by atoms with Crippen LogP contribution in [-0.4, -0.2) is 25.5 Å². The lowest BCUT2D eigenvalue weighted by Gasteiger charge is -2.12. The molecule has 0 bridgehead atoms. The summed E-state index contributed by atoms with van der Waals surface area (Å²) in [6, 6.07) is 12.1. The summed E-state index contributed by atoms with van der Waals surface area (Å²) in [6.07, 6.45) is 1.59. The Morgan fingerprint density at radius 1 is 1.14 bits per heavy atom. The van der Waals surface area contributed by atoms with Crippen molar-refractivity contribution in [1.29, 1.82) is 0 Å². The summed E-state index contributed by atoms with van der Waals surface area (Å²) in [6.45, 7) is 0.767. The number of carbonyl (C=O) groups is 2. The standard InChI is InChI=1S/C15H17N3O3/c1-18(10-13-8-5-9-21-13)11-14(19)17-15(20)16-12-6-3-2-4-7-12/h2-9H,10-11H2,1H3,(H2,16,17,19,20)/p+1. The third kappa shape index (κ3) is 5.12. The second-order valence-corrected chi connectivity index (χ2v) is 4.76. The molecule has 2 aromatic rings. The third-order valence-electron chi connectivity index (χ3n) is 2.80. The molecule has 0 aliphatic carbocycles. The van der Waals surface area contributed by atoms with E-state index in [0.29, 0.717) is 12.2 Å². The molecule has 6 heteroatoms. The largest absolute Gasteiger partial charge is 0.463 e. The maximum atomic E-state index is 11.8. The van der Waals surface area contributed by atoms with Gasteiger partial charge in [-0.3, -0.25) is 10.1 Å². The van der Waals surface area contributed by atoms with Crippen molar-refractivity contribution >= 4 is 17.6 Å². The van der Waals surface area contributed by atoms with E-state index in [9.17, 15) is 9.59 Å². The molecule has 0 saturated heterocycles. The fraction of sp³-hybridized carbons (Fsp3) is 0.200. The number of imide groups is 1. The van der Waals surface area contributed by atoms with E-state index in [1.54, 1.807) is 36.6 Å². The summed E-state index contributed by atoms with van der Waals surface area (Å²) < 4.78 is 5.21. The van der Waals surface area contributed by atoms with E-state index >= 15 is 0 Å². The molecule has 0 radical (unpaired) electrons. The highest BCUT2D eigenvalue weighted by Gasteiger charge is 2.14. The zero-order valence-corrected chi connectivity index (χ0v) is 11.8. The lowest BCUT2D eigenvalue weighted by atomic mass is 10.3. The van der Waals surface area contributed by atoms with Crippen LogP contribution in [0.15, 0.2) is 53.1 Å². The van der Waals surface area contributed by atoms with Crippen LogP contribution in [0.2, 0.25) is 0 Å². The number of urea groups is 1. The van der Waals surface area contributed by atoms with Gasteiger partial charge in [0.1, 0.15) is 6.54 Å². The summed E-state index contributed by atoms with van der Waals surface area (Å²) in [5, 5.41) is 4.89. The van der Waals surface area contributed by atoms with E-state index in [1.165, 1.54) is 0 Å². The van der Waals surface area contributed by atoms with Gasteiger partial charge in [-0.1, -0.05) is 18.2 Å². The van der Waals surface area contributed by atoms with Crippen molar-refractivity contribution in [3.05, 3.63) is 54.5 Å². The van der Waals surface area contributed by atoms with Gasteiger partial charge in [-0.25, -0.2) is 4.79 Å². The third-order valence-corrected chi connectivity index (χ3v) is 2.80. The fourth-order valence-electron chi connectivity index (χ4n) is 1.90. The summed E-state index contributed by atoms with van der Waals surface area (Å²) in [4.78, 5) is 24.3. The highest BCUT2D eigenvalue weighted by molar-refractivity contribution is 6.01. The molecule has 110 valence electrons. The number of amides is 3. The van der Waals surface area contributed by atoms with Crippen LogP contribution in [0.4, 0.5) is 10.5 Å². The average molecular weight is 288 g/mol. The van der Waals surface area contributed by atoms with E-state index in [4.69, 9.17) is 4.42 Å². The molecule has 0 aliphatic heterocycles. The normalized spacial score (nSPS) is 11.7. The van der Waals surface area contributed by atoms with Gasteiger partial charge in [0.25, 0.3) is 5.91 Å². The van der Waals surface area contributed by atoms with Crippen LogP contribution in [0.25, 0.3) is 0 Å². The first-order valence-corrected chi connectivity index (χ1v) is 6.63. The predicted molar refractivity (Wildman–Crippen MR) is 77.8 cm³/mol. The van der Waals surface area contributed by atoms with Crippen LogP contribution >= 0.6 is 0 Å². The molecule has 0 saturated carbocycles. The van der Waals surface area contributed by atoms with E-state index in [0.717, 1.165) is 10.7 Å². The topological polar surface area (TPSA) is 75.8 Å². The molecule has 0 fully saturated rings. The van der Waals surface area contributed by atoms with E-state index in [2.05, 4.69) is 10.6 Å². The molecule has 3 N–H and O–H groups in total. The first-order chi connectivity index (χ1) is 10.1. The molecule has 1 atom stereocenters. The molecule has 0 aliphatic rings. The van der Waals surface area contributed by atoms with Gasteiger partial charge in [0, 0.05) is 5.69 Å². The number of carbonyl (C=O) groups excluding carboxylic acids is 2. The number of rotatable bonds is 5. The number of nitrogens with one attached hydrogen (secondary N) is 3. The number of likely N-dealkylation sites (N-methyl/N-ethyl adjacent to an activating group) is 1. The highest BCUT2D eigenvalue weighted by atomic mass is 16.3. The molecule has 0 spiro atoms. The number of hydrogen-bond acceptors (Lipinski definition) is 3. The van der Waals surface area contributed by atoms with Crippen LogP contribution in [0, 0.1) is 0 Å². The van der Waals surface area contributed by atoms with Gasteiger partial charge in [-0.15, -0.1) is 0 Å². The molecule has 1 heterocycles. The van der Waals surface area contributed by atoms with Crippen molar-refractivity contribution in [2.24, 2.45) is 0 Å². The minimum absolute atomic E-state index is 0.183. The van der Waals surface area contributed by atoms with Gasteiger partial charge in [-0.2, -0.15) is 0 Å². The Labute approximate surface area is 122 Å². The van der Waals surface area contributed by atoms with Crippen LogP contribution in [-0.2, 0) is 11.3 Å². The van der Waals surface area contributed by atoms with Gasteiger partial charge < -0.3 is 14.6 Å². The van der Waals surface area contributed by atoms with Crippen molar-refractivity contribution < 1.29 is 18.9 Å². The van der Waals surface area contributed by atoms with Crippen molar-refractivity contribution in [3.63, 3.8) is 0 Å². The number of hydrogen-bond donors (Lipinski definition) is 3. The van der Waals surface area contributed by atoms with E-state index in [-0.39, 0.29) is 12.5 Å². The monoisotopic (exact) mass is 288 g/mol. The van der Waals surface area contributed by atoms with Crippen molar-refractivity contribution in [2.75, 3.05) is 18.9 Å². The molecule has 1 aromatic heterocycles. The molecular weight excluding hydrogens is 270 g/mol. The number of para-hydroxylation sites is 1. The Hall–Kier alpha value is -2.60. The minimum atomic E-state index is -0.531. The molecule has 1 aromatic carbocycles. The smallest absolute Gasteiger partial charge is 0.326 e. The minimum Gasteiger partial charge on any atom is -0.463 e. The summed E-state index contributed by atoms with van der Waals surface area (Å²) in [7, 11) is 1.86. The summed E-state index contributed by atoms with van der Waals surface area (Å²) >= 11 is 0. The maximum Gasteiger partial charge on any atom is 0.326 e. The Morgan fingerprint density at radius 2 is 1.90 bits per heavy atom. The summed E-state index contributed by atoms with van der Waals surface area (Å²) in [5.41, 5.74) is 0.638. The first kappa shape index (κ1) is 14.8. The van der Waals surface area contributed by atoms with E-state index < -0.39 is 6.03 Å². The number of benzene rings is 1. The van der Waals surface area contributed by atoms with Crippen LogP contribution in [0.3, 0.4) is 0 Å². The van der Waals surface area contributed by atoms with Gasteiger partial charge in [0.05, 0.1) is 13.3 Å².